The zero-order chi connectivity index (χ0) is 13.0. The molecular weight excluding hydrogens is 230 g/mol. The van der Waals surface area contributed by atoms with E-state index in [1.54, 1.807) is 6.33 Å². The molecule has 1 aromatic rings. The monoisotopic (exact) mass is 251 g/mol. The highest BCUT2D eigenvalue weighted by atomic mass is 16.2. The van der Waals surface area contributed by atoms with Crippen molar-refractivity contribution in [2.24, 2.45) is 7.05 Å². The van der Waals surface area contributed by atoms with Crippen LogP contribution in [0.3, 0.4) is 0 Å². The second-order valence-corrected chi connectivity index (χ2v) is 4.80. The number of rotatable bonds is 4. The molecule has 2 rings (SSSR count). The van der Waals surface area contributed by atoms with E-state index in [9.17, 15) is 4.79 Å². The van der Waals surface area contributed by atoms with E-state index in [0.717, 1.165) is 38.4 Å². The van der Waals surface area contributed by atoms with Gasteiger partial charge in [0.1, 0.15) is 0 Å². The molecule has 18 heavy (non-hydrogen) atoms. The van der Waals surface area contributed by atoms with Gasteiger partial charge in [0.05, 0.1) is 18.6 Å². The average Bonchev–Trinajstić information content (AvgIpc) is 2.76. The molecule has 0 atom stereocenters. The number of carbonyl (C=O) groups is 1. The Morgan fingerprint density at radius 1 is 1.50 bits per heavy atom. The summed E-state index contributed by atoms with van der Waals surface area (Å²) in [6, 6.07) is 0. The zero-order valence-electron chi connectivity index (χ0n) is 11.1. The lowest BCUT2D eigenvalue weighted by Crippen LogP contribution is -2.49. The van der Waals surface area contributed by atoms with Crippen molar-refractivity contribution in [1.29, 1.82) is 0 Å². The first-order valence-electron chi connectivity index (χ1n) is 6.29. The summed E-state index contributed by atoms with van der Waals surface area (Å²) in [5, 5.41) is 3.25. The second kappa shape index (κ2) is 5.97. The molecule has 6 heteroatoms. The van der Waals surface area contributed by atoms with E-state index in [1.165, 1.54) is 0 Å². The Bertz CT molecular complexity index is 397. The van der Waals surface area contributed by atoms with Gasteiger partial charge in [0, 0.05) is 46.0 Å². The third-order valence-corrected chi connectivity index (χ3v) is 3.22. The van der Waals surface area contributed by atoms with Crippen LogP contribution in [0, 0.1) is 0 Å². The van der Waals surface area contributed by atoms with Crippen molar-refractivity contribution in [2.45, 2.75) is 6.54 Å². The molecule has 100 valence electrons. The Kier molecular flexibility index (Phi) is 4.33. The van der Waals surface area contributed by atoms with E-state index in [2.05, 4.69) is 10.3 Å². The zero-order valence-corrected chi connectivity index (χ0v) is 11.1. The van der Waals surface area contributed by atoms with Gasteiger partial charge in [0.15, 0.2) is 0 Å². The maximum Gasteiger partial charge on any atom is 0.236 e. The molecule has 2 heterocycles. The molecule has 1 aliphatic heterocycles. The Morgan fingerprint density at radius 2 is 2.22 bits per heavy atom. The van der Waals surface area contributed by atoms with E-state index in [-0.39, 0.29) is 5.91 Å². The first kappa shape index (κ1) is 13.0. The van der Waals surface area contributed by atoms with E-state index >= 15 is 0 Å². The Balaban J connectivity index is 1.81. The van der Waals surface area contributed by atoms with E-state index < -0.39 is 0 Å². The summed E-state index contributed by atoms with van der Waals surface area (Å²) in [4.78, 5) is 20.1. The largest absolute Gasteiger partial charge is 0.339 e. The van der Waals surface area contributed by atoms with Gasteiger partial charge in [0.2, 0.25) is 5.91 Å². The molecule has 1 N–H and O–H groups in total. The minimum absolute atomic E-state index is 0.209. The van der Waals surface area contributed by atoms with E-state index in [1.807, 2.05) is 34.7 Å². The molecule has 0 spiro atoms. The molecule has 1 saturated heterocycles. The summed E-state index contributed by atoms with van der Waals surface area (Å²) in [6.45, 7) is 4.64. The first-order chi connectivity index (χ1) is 8.66. The van der Waals surface area contributed by atoms with Gasteiger partial charge in [-0.15, -0.1) is 0 Å². The average molecular weight is 251 g/mol. The molecule has 0 radical (unpaired) electrons. The van der Waals surface area contributed by atoms with Crippen LogP contribution in [0.4, 0.5) is 0 Å². The fourth-order valence-corrected chi connectivity index (χ4v) is 2.11. The number of aryl methyl sites for hydroxylation is 1. The normalized spacial score (nSPS) is 16.3. The van der Waals surface area contributed by atoms with Crippen LogP contribution in [-0.2, 0) is 18.4 Å². The fourth-order valence-electron chi connectivity index (χ4n) is 2.11. The summed E-state index contributed by atoms with van der Waals surface area (Å²) in [5.41, 5.74) is 1.12. The maximum atomic E-state index is 12.1. The molecule has 1 aliphatic rings. The van der Waals surface area contributed by atoms with Crippen molar-refractivity contribution in [2.75, 3.05) is 39.8 Å². The molecule has 1 aromatic heterocycles. The van der Waals surface area contributed by atoms with Gasteiger partial charge < -0.3 is 14.8 Å². The Hall–Kier alpha value is -1.40. The first-order valence-corrected chi connectivity index (χ1v) is 6.29. The number of imidazole rings is 1. The van der Waals surface area contributed by atoms with Gasteiger partial charge in [-0.1, -0.05) is 0 Å². The maximum absolute atomic E-state index is 12.1. The molecule has 0 unspecified atom stereocenters. The quantitative estimate of drug-likeness (QED) is 0.767. The number of amides is 1. The van der Waals surface area contributed by atoms with Crippen molar-refractivity contribution in [1.82, 2.24) is 24.7 Å². The topological polar surface area (TPSA) is 53.4 Å². The summed E-state index contributed by atoms with van der Waals surface area (Å²) in [7, 11) is 3.93. The van der Waals surface area contributed by atoms with Crippen molar-refractivity contribution >= 4 is 5.91 Å². The Labute approximate surface area is 108 Å². The number of nitrogens with one attached hydrogen (secondary N) is 1. The standard InChI is InChI=1S/C12H21N5O/c1-15(8-11-7-14-10-16(11)2)9-12(18)17-5-3-13-4-6-17/h7,10,13H,3-6,8-9H2,1-2H3. The van der Waals surface area contributed by atoms with Gasteiger partial charge in [-0.05, 0) is 7.05 Å². The van der Waals surface area contributed by atoms with Gasteiger partial charge in [0.25, 0.3) is 0 Å². The van der Waals surface area contributed by atoms with Crippen molar-refractivity contribution in [3.63, 3.8) is 0 Å². The second-order valence-electron chi connectivity index (χ2n) is 4.80. The molecule has 0 saturated carbocycles. The third kappa shape index (κ3) is 3.30. The molecule has 1 amide bonds. The summed E-state index contributed by atoms with van der Waals surface area (Å²) >= 11 is 0. The number of hydrogen-bond donors (Lipinski definition) is 1. The number of likely N-dealkylation sites (N-methyl/N-ethyl adjacent to an activating group) is 1. The van der Waals surface area contributed by atoms with Crippen LogP contribution in [0.2, 0.25) is 0 Å². The summed E-state index contributed by atoms with van der Waals surface area (Å²) < 4.78 is 1.98. The van der Waals surface area contributed by atoms with Crippen LogP contribution < -0.4 is 5.32 Å². The van der Waals surface area contributed by atoms with Crippen LogP contribution >= 0.6 is 0 Å². The van der Waals surface area contributed by atoms with Crippen molar-refractivity contribution < 1.29 is 4.79 Å². The number of nitrogens with zero attached hydrogens (tertiary/aromatic N) is 4. The van der Waals surface area contributed by atoms with Crippen LogP contribution in [0.5, 0.6) is 0 Å². The SMILES string of the molecule is CN(CC(=O)N1CCNCC1)Cc1cncn1C. The number of hydrogen-bond acceptors (Lipinski definition) is 4. The lowest BCUT2D eigenvalue weighted by atomic mass is 10.3. The van der Waals surface area contributed by atoms with E-state index in [4.69, 9.17) is 0 Å². The lowest BCUT2D eigenvalue weighted by molar-refractivity contribution is -0.132. The highest BCUT2D eigenvalue weighted by Crippen LogP contribution is 2.02. The number of piperazine rings is 1. The van der Waals surface area contributed by atoms with Crippen molar-refractivity contribution in [3.8, 4) is 0 Å². The van der Waals surface area contributed by atoms with Crippen LogP contribution in [0.1, 0.15) is 5.69 Å². The predicted molar refractivity (Wildman–Crippen MR) is 69.0 cm³/mol. The summed E-state index contributed by atoms with van der Waals surface area (Å²) in [6.07, 6.45) is 3.62. The molecule has 0 bridgehead atoms. The Morgan fingerprint density at radius 3 is 2.83 bits per heavy atom. The minimum Gasteiger partial charge on any atom is -0.339 e. The minimum atomic E-state index is 0.209. The van der Waals surface area contributed by atoms with Gasteiger partial charge >= 0.3 is 0 Å². The molecule has 1 fully saturated rings. The third-order valence-electron chi connectivity index (χ3n) is 3.22. The summed E-state index contributed by atoms with van der Waals surface area (Å²) in [5.74, 6) is 0.209. The number of aromatic nitrogens is 2. The molecule has 0 aliphatic carbocycles. The van der Waals surface area contributed by atoms with Gasteiger partial charge in [-0.25, -0.2) is 4.98 Å². The van der Waals surface area contributed by atoms with E-state index in [0.29, 0.717) is 6.54 Å². The molecular formula is C12H21N5O. The highest BCUT2D eigenvalue weighted by Gasteiger charge is 2.17. The van der Waals surface area contributed by atoms with Gasteiger partial charge in [-0.2, -0.15) is 0 Å². The van der Waals surface area contributed by atoms with Crippen LogP contribution in [0.15, 0.2) is 12.5 Å². The highest BCUT2D eigenvalue weighted by molar-refractivity contribution is 5.78. The smallest absolute Gasteiger partial charge is 0.236 e. The lowest BCUT2D eigenvalue weighted by Gasteiger charge is -2.29. The molecule has 0 aromatic carbocycles. The number of carbonyl (C=O) groups excluding carboxylic acids is 1. The molecule has 6 nitrogen and oxygen atoms in total. The van der Waals surface area contributed by atoms with Crippen molar-refractivity contribution in [3.05, 3.63) is 18.2 Å². The van der Waals surface area contributed by atoms with Crippen LogP contribution in [0.25, 0.3) is 0 Å². The van der Waals surface area contributed by atoms with Gasteiger partial charge in [-0.3, -0.25) is 9.69 Å². The predicted octanol–water partition coefficient (Wildman–Crippen LogP) is -0.716. The fraction of sp³-hybridized carbons (Fsp3) is 0.667. The van der Waals surface area contributed by atoms with Crippen LogP contribution in [-0.4, -0.2) is 65.0 Å².